The maximum Gasteiger partial charge on any atom is 0.248 e. The van der Waals surface area contributed by atoms with Gasteiger partial charge in [0, 0.05) is 10.7 Å². The van der Waals surface area contributed by atoms with Crippen molar-refractivity contribution in [3.63, 3.8) is 0 Å². The molecule has 1 aliphatic heterocycles. The fourth-order valence-corrected chi connectivity index (χ4v) is 2.58. The molecular formula is C14H18BrN3O2. The van der Waals surface area contributed by atoms with E-state index in [1.165, 1.54) is 0 Å². The third-order valence-electron chi connectivity index (χ3n) is 3.42. The first kappa shape index (κ1) is 15.0. The number of halogens is 1. The van der Waals surface area contributed by atoms with Gasteiger partial charge in [-0.3, -0.25) is 14.6 Å². The highest BCUT2D eigenvalue weighted by Crippen LogP contribution is 2.22. The van der Waals surface area contributed by atoms with Crippen LogP contribution in [0.3, 0.4) is 0 Å². The molecule has 6 heteroatoms. The van der Waals surface area contributed by atoms with Crippen molar-refractivity contribution in [3.8, 4) is 0 Å². The van der Waals surface area contributed by atoms with Gasteiger partial charge in [0.2, 0.25) is 11.8 Å². The van der Waals surface area contributed by atoms with Crippen molar-refractivity contribution >= 4 is 27.7 Å². The lowest BCUT2D eigenvalue weighted by Crippen LogP contribution is -2.67. The molecule has 1 saturated heterocycles. The van der Waals surface area contributed by atoms with Gasteiger partial charge in [-0.15, -0.1) is 0 Å². The Labute approximate surface area is 126 Å². The third kappa shape index (κ3) is 2.85. The van der Waals surface area contributed by atoms with Crippen LogP contribution in [0.5, 0.6) is 0 Å². The molecule has 1 unspecified atom stereocenters. The first-order valence-electron chi connectivity index (χ1n) is 6.58. The van der Waals surface area contributed by atoms with Crippen molar-refractivity contribution < 1.29 is 9.59 Å². The van der Waals surface area contributed by atoms with Crippen LogP contribution in [0.1, 0.15) is 32.9 Å². The van der Waals surface area contributed by atoms with Crippen LogP contribution in [0.25, 0.3) is 0 Å². The molecule has 0 radical (unpaired) electrons. The Morgan fingerprint density at radius 3 is 2.65 bits per heavy atom. The van der Waals surface area contributed by atoms with Crippen LogP contribution < -0.4 is 5.32 Å². The van der Waals surface area contributed by atoms with E-state index in [0.29, 0.717) is 13.0 Å². The van der Waals surface area contributed by atoms with Gasteiger partial charge in [-0.05, 0) is 48.3 Å². The Kier molecular flexibility index (Phi) is 4.13. The maximum absolute atomic E-state index is 12.5. The normalized spacial score (nSPS) is 21.8. The van der Waals surface area contributed by atoms with Gasteiger partial charge in [-0.2, -0.15) is 0 Å². The minimum absolute atomic E-state index is 0.0753. The molecule has 1 aromatic heterocycles. The summed E-state index contributed by atoms with van der Waals surface area (Å²) < 4.78 is 0.885. The predicted octanol–water partition coefficient (Wildman–Crippen LogP) is 1.86. The molecule has 5 nitrogen and oxygen atoms in total. The number of nitrogens with one attached hydrogen (secondary N) is 1. The number of rotatable bonds is 3. The molecule has 2 rings (SSSR count). The molecule has 2 amide bonds. The first-order chi connectivity index (χ1) is 9.35. The van der Waals surface area contributed by atoms with Crippen LogP contribution in [0.2, 0.25) is 0 Å². The van der Waals surface area contributed by atoms with Gasteiger partial charge in [0.1, 0.15) is 11.6 Å². The number of carbonyl (C=O) groups is 2. The Balaban J connectivity index is 2.27. The summed E-state index contributed by atoms with van der Waals surface area (Å²) in [6.45, 7) is 5.70. The van der Waals surface area contributed by atoms with Gasteiger partial charge in [-0.1, -0.05) is 6.92 Å². The zero-order valence-corrected chi connectivity index (χ0v) is 13.4. The van der Waals surface area contributed by atoms with E-state index in [-0.39, 0.29) is 11.8 Å². The molecule has 108 valence electrons. The van der Waals surface area contributed by atoms with Crippen LogP contribution in [-0.2, 0) is 16.1 Å². The molecule has 2 heterocycles. The Morgan fingerprint density at radius 1 is 1.40 bits per heavy atom. The highest BCUT2D eigenvalue weighted by atomic mass is 79.9. The zero-order chi connectivity index (χ0) is 14.9. The van der Waals surface area contributed by atoms with E-state index in [4.69, 9.17) is 0 Å². The van der Waals surface area contributed by atoms with Crippen LogP contribution in [0.15, 0.2) is 22.8 Å². The number of carbonyl (C=O) groups excluding carboxylic acids is 2. The van der Waals surface area contributed by atoms with Crippen molar-refractivity contribution in [1.82, 2.24) is 15.2 Å². The molecule has 1 aliphatic rings. The highest BCUT2D eigenvalue weighted by molar-refractivity contribution is 9.10. The first-order valence-corrected chi connectivity index (χ1v) is 7.38. The number of pyridine rings is 1. The third-order valence-corrected chi connectivity index (χ3v) is 3.89. The molecule has 1 fully saturated rings. The molecule has 20 heavy (non-hydrogen) atoms. The fraction of sp³-hybridized carbons (Fsp3) is 0.500. The summed E-state index contributed by atoms with van der Waals surface area (Å²) in [7, 11) is 0. The molecular weight excluding hydrogens is 322 g/mol. The van der Waals surface area contributed by atoms with Crippen molar-refractivity contribution in [2.45, 2.75) is 45.3 Å². The van der Waals surface area contributed by atoms with Crippen LogP contribution in [-0.4, -0.2) is 33.3 Å². The van der Waals surface area contributed by atoms with E-state index in [9.17, 15) is 9.59 Å². The predicted molar refractivity (Wildman–Crippen MR) is 78.8 cm³/mol. The van der Waals surface area contributed by atoms with Gasteiger partial charge in [0.15, 0.2) is 0 Å². The number of hydrogen-bond acceptors (Lipinski definition) is 3. The lowest BCUT2D eigenvalue weighted by Gasteiger charge is -2.42. The number of piperazine rings is 1. The molecule has 0 spiro atoms. The van der Waals surface area contributed by atoms with Crippen LogP contribution in [0, 0.1) is 0 Å². The van der Waals surface area contributed by atoms with Gasteiger partial charge in [0.05, 0.1) is 12.2 Å². The summed E-state index contributed by atoms with van der Waals surface area (Å²) in [5, 5.41) is 2.77. The topological polar surface area (TPSA) is 62.3 Å². The maximum atomic E-state index is 12.5. The van der Waals surface area contributed by atoms with Crippen molar-refractivity contribution in [2.24, 2.45) is 0 Å². The lowest BCUT2D eigenvalue weighted by molar-refractivity contribution is -0.154. The second kappa shape index (κ2) is 5.52. The summed E-state index contributed by atoms with van der Waals surface area (Å²) in [4.78, 5) is 30.5. The van der Waals surface area contributed by atoms with E-state index in [0.717, 1.165) is 10.2 Å². The second-order valence-electron chi connectivity index (χ2n) is 5.44. The lowest BCUT2D eigenvalue weighted by atomic mass is 9.95. The van der Waals surface area contributed by atoms with E-state index in [2.05, 4.69) is 26.2 Å². The number of amides is 2. The van der Waals surface area contributed by atoms with E-state index < -0.39 is 11.6 Å². The van der Waals surface area contributed by atoms with Gasteiger partial charge in [0.25, 0.3) is 0 Å². The summed E-state index contributed by atoms with van der Waals surface area (Å²) >= 11 is 3.33. The number of nitrogens with zero attached hydrogens (tertiary/aromatic N) is 2. The van der Waals surface area contributed by atoms with Gasteiger partial charge < -0.3 is 10.2 Å². The molecule has 0 aromatic carbocycles. The Bertz CT molecular complexity index is 528. The molecule has 0 aliphatic carbocycles. The molecule has 1 N–H and O–H groups in total. The molecule has 1 atom stereocenters. The van der Waals surface area contributed by atoms with Gasteiger partial charge in [-0.25, -0.2) is 0 Å². The van der Waals surface area contributed by atoms with E-state index in [1.807, 2.05) is 19.1 Å². The van der Waals surface area contributed by atoms with Crippen LogP contribution >= 0.6 is 15.9 Å². The summed E-state index contributed by atoms with van der Waals surface area (Å²) in [5.74, 6) is -0.178. The summed E-state index contributed by atoms with van der Waals surface area (Å²) in [6.07, 6.45) is 2.28. The zero-order valence-electron chi connectivity index (χ0n) is 11.8. The molecule has 0 saturated carbocycles. The van der Waals surface area contributed by atoms with Crippen molar-refractivity contribution in [3.05, 3.63) is 28.5 Å². The SMILES string of the molecule is CCC1C(=O)NC(C)(C)C(=O)N1Cc1ccc(Br)cn1. The highest BCUT2D eigenvalue weighted by Gasteiger charge is 2.44. The summed E-state index contributed by atoms with van der Waals surface area (Å²) in [5.41, 5.74) is -0.0940. The average molecular weight is 340 g/mol. The standard InChI is InChI=1S/C14H18BrN3O2/c1-4-11-12(19)17-14(2,3)13(20)18(11)8-10-6-5-9(15)7-16-10/h5-7,11H,4,8H2,1-3H3,(H,17,19). The fourth-order valence-electron chi connectivity index (χ4n) is 2.35. The van der Waals surface area contributed by atoms with E-state index >= 15 is 0 Å². The van der Waals surface area contributed by atoms with E-state index in [1.54, 1.807) is 24.9 Å². The minimum atomic E-state index is -0.863. The summed E-state index contributed by atoms with van der Waals surface area (Å²) in [6, 6.07) is 3.30. The number of aromatic nitrogens is 1. The Morgan fingerprint density at radius 2 is 2.10 bits per heavy atom. The smallest absolute Gasteiger partial charge is 0.248 e. The minimum Gasteiger partial charge on any atom is -0.340 e. The molecule has 0 bridgehead atoms. The second-order valence-corrected chi connectivity index (χ2v) is 6.35. The average Bonchev–Trinajstić information content (AvgIpc) is 2.38. The Hall–Kier alpha value is -1.43. The molecule has 1 aromatic rings. The largest absolute Gasteiger partial charge is 0.340 e. The van der Waals surface area contributed by atoms with Crippen LogP contribution in [0.4, 0.5) is 0 Å². The quantitative estimate of drug-likeness (QED) is 0.914. The van der Waals surface area contributed by atoms with Crippen molar-refractivity contribution in [1.29, 1.82) is 0 Å². The van der Waals surface area contributed by atoms with Crippen molar-refractivity contribution in [2.75, 3.05) is 0 Å². The van der Waals surface area contributed by atoms with Gasteiger partial charge >= 0.3 is 0 Å². The monoisotopic (exact) mass is 339 g/mol. The number of hydrogen-bond donors (Lipinski definition) is 1.